The highest BCUT2D eigenvalue weighted by Gasteiger charge is 2.40. The van der Waals surface area contributed by atoms with Crippen molar-refractivity contribution >= 4 is 40.5 Å². The average Bonchev–Trinajstić information content (AvgIpc) is 3.00. The standard InChI is InChI=1S/C19H21IN2O4/c1-3-7-25-18(23)21-13-9-12-11-22(19(24)26-8-4-2)16-6-5-15(20)14(10-13)17(12)16/h3-6,12-13H,1-2,7-11H2,(H,21,23). The van der Waals surface area contributed by atoms with Crippen molar-refractivity contribution in [1.82, 2.24) is 5.32 Å². The van der Waals surface area contributed by atoms with Crippen molar-refractivity contribution in [3.05, 3.63) is 52.1 Å². The molecule has 7 heteroatoms. The summed E-state index contributed by atoms with van der Waals surface area (Å²) in [6.45, 7) is 8.04. The summed E-state index contributed by atoms with van der Waals surface area (Å²) in [5.41, 5.74) is 3.30. The summed E-state index contributed by atoms with van der Waals surface area (Å²) in [7, 11) is 0. The van der Waals surface area contributed by atoms with Gasteiger partial charge in [-0.15, -0.1) is 0 Å². The Morgan fingerprint density at radius 3 is 2.73 bits per heavy atom. The summed E-state index contributed by atoms with van der Waals surface area (Å²) < 4.78 is 11.4. The fraction of sp³-hybridized carbons (Fsp3) is 0.368. The molecule has 138 valence electrons. The molecule has 1 aromatic rings. The molecule has 6 nitrogen and oxygen atoms in total. The van der Waals surface area contributed by atoms with Crippen molar-refractivity contribution in [3.63, 3.8) is 0 Å². The lowest BCUT2D eigenvalue weighted by Gasteiger charge is -2.29. The summed E-state index contributed by atoms with van der Waals surface area (Å²) >= 11 is 2.31. The van der Waals surface area contributed by atoms with Gasteiger partial charge in [-0.2, -0.15) is 0 Å². The number of anilines is 1. The highest BCUT2D eigenvalue weighted by atomic mass is 127. The van der Waals surface area contributed by atoms with E-state index in [1.54, 1.807) is 11.0 Å². The molecular weight excluding hydrogens is 447 g/mol. The van der Waals surface area contributed by atoms with E-state index in [0.29, 0.717) is 6.54 Å². The highest BCUT2D eigenvalue weighted by Crippen LogP contribution is 2.46. The molecule has 1 aliphatic heterocycles. The van der Waals surface area contributed by atoms with E-state index in [2.05, 4.69) is 41.1 Å². The van der Waals surface area contributed by atoms with Crippen LogP contribution in [0.5, 0.6) is 0 Å². The third-order valence-corrected chi connectivity index (χ3v) is 5.61. The van der Waals surface area contributed by atoms with E-state index in [1.165, 1.54) is 17.2 Å². The number of alkyl carbamates (subject to hydrolysis) is 1. The number of hydrogen-bond acceptors (Lipinski definition) is 4. The van der Waals surface area contributed by atoms with Gasteiger partial charge < -0.3 is 14.8 Å². The van der Waals surface area contributed by atoms with Gasteiger partial charge in [0.2, 0.25) is 0 Å². The van der Waals surface area contributed by atoms with Crippen LogP contribution in [0.15, 0.2) is 37.4 Å². The number of carbonyl (C=O) groups excluding carboxylic acids is 2. The van der Waals surface area contributed by atoms with Gasteiger partial charge in [-0.1, -0.05) is 25.3 Å². The van der Waals surface area contributed by atoms with Crippen molar-refractivity contribution in [2.75, 3.05) is 24.7 Å². The summed E-state index contributed by atoms with van der Waals surface area (Å²) in [5.74, 6) is 0.171. The lowest BCUT2D eigenvalue weighted by atomic mass is 9.81. The molecule has 0 fully saturated rings. The van der Waals surface area contributed by atoms with Crippen LogP contribution in [-0.4, -0.2) is 38.0 Å². The summed E-state index contributed by atoms with van der Waals surface area (Å²) in [6.07, 6.45) is 3.76. The molecule has 0 aromatic heterocycles. The van der Waals surface area contributed by atoms with Gasteiger partial charge in [0.05, 0.1) is 5.69 Å². The number of hydrogen-bond donors (Lipinski definition) is 1. The lowest BCUT2D eigenvalue weighted by Crippen LogP contribution is -2.41. The summed E-state index contributed by atoms with van der Waals surface area (Å²) in [6, 6.07) is 3.95. The van der Waals surface area contributed by atoms with E-state index >= 15 is 0 Å². The Balaban J connectivity index is 1.80. The minimum absolute atomic E-state index is 0.0299. The maximum absolute atomic E-state index is 12.4. The second-order valence-corrected chi connectivity index (χ2v) is 7.46. The second kappa shape index (κ2) is 8.11. The zero-order valence-corrected chi connectivity index (χ0v) is 16.5. The molecule has 0 radical (unpaired) electrons. The molecule has 1 aliphatic carbocycles. The van der Waals surface area contributed by atoms with Crippen LogP contribution in [0.4, 0.5) is 15.3 Å². The fourth-order valence-corrected chi connectivity index (χ4v) is 4.32. The van der Waals surface area contributed by atoms with Gasteiger partial charge in [0.25, 0.3) is 0 Å². The molecule has 26 heavy (non-hydrogen) atoms. The molecule has 2 amide bonds. The SMILES string of the molecule is C=CCOC(=O)NC1Cc2c(I)ccc3c2C(C1)CN3C(=O)OCC=C. The summed E-state index contributed by atoms with van der Waals surface area (Å²) in [4.78, 5) is 25.9. The van der Waals surface area contributed by atoms with Crippen LogP contribution in [0.1, 0.15) is 23.5 Å². The molecule has 0 bridgehead atoms. The first-order valence-electron chi connectivity index (χ1n) is 8.45. The molecule has 0 saturated carbocycles. The van der Waals surface area contributed by atoms with Gasteiger partial charge in [-0.25, -0.2) is 9.59 Å². The fourth-order valence-electron chi connectivity index (χ4n) is 3.63. The third kappa shape index (κ3) is 3.72. The van der Waals surface area contributed by atoms with E-state index in [9.17, 15) is 9.59 Å². The molecule has 0 saturated heterocycles. The first-order chi connectivity index (χ1) is 12.5. The van der Waals surface area contributed by atoms with Gasteiger partial charge >= 0.3 is 12.2 Å². The average molecular weight is 468 g/mol. The first kappa shape index (κ1) is 18.8. The molecule has 1 heterocycles. The molecule has 3 rings (SSSR count). The van der Waals surface area contributed by atoms with Crippen molar-refractivity contribution < 1.29 is 19.1 Å². The van der Waals surface area contributed by atoms with Crippen molar-refractivity contribution in [3.8, 4) is 0 Å². The Labute approximate surface area is 166 Å². The zero-order valence-electron chi connectivity index (χ0n) is 14.4. The summed E-state index contributed by atoms with van der Waals surface area (Å²) in [5, 5.41) is 2.93. The monoisotopic (exact) mass is 468 g/mol. The lowest BCUT2D eigenvalue weighted by molar-refractivity contribution is 0.152. The van der Waals surface area contributed by atoms with Crippen LogP contribution in [0, 0.1) is 3.57 Å². The van der Waals surface area contributed by atoms with Gasteiger partial charge in [0, 0.05) is 22.1 Å². The van der Waals surface area contributed by atoms with E-state index < -0.39 is 6.09 Å². The van der Waals surface area contributed by atoms with Crippen molar-refractivity contribution in [1.29, 1.82) is 0 Å². The number of benzene rings is 1. The van der Waals surface area contributed by atoms with E-state index in [1.807, 2.05) is 12.1 Å². The third-order valence-electron chi connectivity index (χ3n) is 4.60. The zero-order chi connectivity index (χ0) is 18.7. The number of amides is 2. The topological polar surface area (TPSA) is 67.9 Å². The maximum atomic E-state index is 12.4. The van der Waals surface area contributed by atoms with Crippen LogP contribution in [0.2, 0.25) is 0 Å². The van der Waals surface area contributed by atoms with Crippen LogP contribution in [0.25, 0.3) is 0 Å². The van der Waals surface area contributed by atoms with E-state index in [-0.39, 0.29) is 31.3 Å². The number of ether oxygens (including phenoxy) is 2. The molecule has 0 spiro atoms. The van der Waals surface area contributed by atoms with Gasteiger partial charge in [0.15, 0.2) is 0 Å². The van der Waals surface area contributed by atoms with Gasteiger partial charge in [0.1, 0.15) is 13.2 Å². The maximum Gasteiger partial charge on any atom is 0.414 e. The smallest absolute Gasteiger partial charge is 0.414 e. The quantitative estimate of drug-likeness (QED) is 0.528. The number of nitrogens with zero attached hydrogens (tertiary/aromatic N) is 1. The first-order valence-corrected chi connectivity index (χ1v) is 9.53. The minimum atomic E-state index is -0.440. The van der Waals surface area contributed by atoms with Crippen LogP contribution in [-0.2, 0) is 15.9 Å². The minimum Gasteiger partial charge on any atom is -0.445 e. The normalized spacial score (nSPS) is 20.1. The predicted octanol–water partition coefficient (Wildman–Crippen LogP) is 3.74. The van der Waals surface area contributed by atoms with Crippen LogP contribution >= 0.6 is 22.6 Å². The van der Waals surface area contributed by atoms with Crippen molar-refractivity contribution in [2.24, 2.45) is 0 Å². The number of halogens is 1. The van der Waals surface area contributed by atoms with Crippen LogP contribution < -0.4 is 10.2 Å². The van der Waals surface area contributed by atoms with E-state index in [4.69, 9.17) is 9.47 Å². The molecule has 2 aliphatic rings. The van der Waals surface area contributed by atoms with E-state index in [0.717, 1.165) is 22.1 Å². The Bertz CT molecular complexity index is 749. The number of rotatable bonds is 5. The number of nitrogens with one attached hydrogen (secondary N) is 1. The Morgan fingerprint density at radius 2 is 2.00 bits per heavy atom. The number of carbonyl (C=O) groups is 2. The second-order valence-electron chi connectivity index (χ2n) is 6.30. The largest absolute Gasteiger partial charge is 0.445 e. The molecule has 1 N–H and O–H groups in total. The molecule has 1 aromatic carbocycles. The molecular formula is C19H21IN2O4. The van der Waals surface area contributed by atoms with Crippen LogP contribution in [0.3, 0.4) is 0 Å². The van der Waals surface area contributed by atoms with Gasteiger partial charge in [-0.3, -0.25) is 4.90 Å². The Morgan fingerprint density at radius 1 is 1.27 bits per heavy atom. The van der Waals surface area contributed by atoms with Crippen molar-refractivity contribution in [2.45, 2.75) is 24.8 Å². The Hall–Kier alpha value is -2.03. The molecule has 2 atom stereocenters. The van der Waals surface area contributed by atoms with Gasteiger partial charge in [-0.05, 0) is 58.7 Å². The highest BCUT2D eigenvalue weighted by molar-refractivity contribution is 14.1. The predicted molar refractivity (Wildman–Crippen MR) is 108 cm³/mol. The Kier molecular flexibility index (Phi) is 5.85. The molecule has 2 unspecified atom stereocenters.